The molecule has 2 rings (SSSR count). The van der Waals surface area contributed by atoms with Gasteiger partial charge in [0.2, 0.25) is 0 Å². The van der Waals surface area contributed by atoms with Crippen molar-refractivity contribution in [3.8, 4) is 0 Å². The van der Waals surface area contributed by atoms with Gasteiger partial charge in [-0.2, -0.15) is 0 Å². The Bertz CT molecular complexity index is 767. The zero-order chi connectivity index (χ0) is 18.6. The zero-order valence-corrected chi connectivity index (χ0v) is 15.6. The summed E-state index contributed by atoms with van der Waals surface area (Å²) in [7, 11) is 0. The van der Waals surface area contributed by atoms with Crippen LogP contribution in [0.3, 0.4) is 0 Å². The molecule has 136 valence electrons. The van der Waals surface area contributed by atoms with E-state index < -0.39 is 17.9 Å². The fourth-order valence-corrected chi connectivity index (χ4v) is 2.83. The summed E-state index contributed by atoms with van der Waals surface area (Å²) in [6.07, 6.45) is 3.86. The molecule has 1 amide bonds. The summed E-state index contributed by atoms with van der Waals surface area (Å²) >= 11 is 1.41. The molecule has 0 saturated carbocycles. The van der Waals surface area contributed by atoms with Gasteiger partial charge in [-0.05, 0) is 39.2 Å². The van der Waals surface area contributed by atoms with Gasteiger partial charge >= 0.3 is 5.97 Å². The summed E-state index contributed by atoms with van der Waals surface area (Å²) in [5.74, 6) is -1.60. The monoisotopic (exact) mass is 365 g/mol. The normalized spacial score (nSPS) is 13.0. The highest BCUT2D eigenvalue weighted by atomic mass is 32.2. The maximum absolute atomic E-state index is 12.6. The summed E-state index contributed by atoms with van der Waals surface area (Å²) in [5, 5.41) is 12.6. The molecule has 0 aromatic carbocycles. The molecule has 0 spiro atoms. The predicted octanol–water partition coefficient (Wildman–Crippen LogP) is 2.44. The lowest BCUT2D eigenvalue weighted by Crippen LogP contribution is -2.42. The number of pyridine rings is 1. The van der Waals surface area contributed by atoms with Gasteiger partial charge in [0.1, 0.15) is 6.04 Å². The minimum absolute atomic E-state index is 0.180. The van der Waals surface area contributed by atoms with E-state index in [2.05, 4.69) is 10.3 Å². The van der Waals surface area contributed by atoms with Gasteiger partial charge < -0.3 is 15.2 Å². The van der Waals surface area contributed by atoms with Gasteiger partial charge in [0.25, 0.3) is 5.91 Å². The number of aliphatic carboxylic acids is 1. The smallest absolute Gasteiger partial charge is 0.326 e. The molecule has 0 radical (unpaired) electrons. The highest BCUT2D eigenvalue weighted by Gasteiger charge is 2.24. The van der Waals surface area contributed by atoms with Gasteiger partial charge in [0.15, 0.2) is 10.9 Å². The number of fused-ring (bicyclic) bond motifs is 1. The number of rotatable bonds is 7. The van der Waals surface area contributed by atoms with Crippen LogP contribution in [0.25, 0.3) is 5.52 Å². The zero-order valence-electron chi connectivity index (χ0n) is 14.8. The summed E-state index contributed by atoms with van der Waals surface area (Å²) in [4.78, 5) is 28.3. The lowest BCUT2D eigenvalue weighted by molar-refractivity contribution is -0.140. The molecule has 0 aliphatic heterocycles. The number of nitrogens with one attached hydrogen (secondary N) is 1. The Balaban J connectivity index is 2.15. The van der Waals surface area contributed by atoms with Crippen molar-refractivity contribution >= 4 is 29.2 Å². The number of hydrogen-bond donors (Lipinski definition) is 2. The first-order valence-corrected chi connectivity index (χ1v) is 9.14. The molecule has 0 aliphatic rings. The topological polar surface area (TPSA) is 92.9 Å². The van der Waals surface area contributed by atoms with Crippen LogP contribution in [0.4, 0.5) is 0 Å². The molecule has 1 unspecified atom stereocenters. The van der Waals surface area contributed by atoms with Crippen molar-refractivity contribution in [2.75, 3.05) is 12.9 Å². The Kier molecular flexibility index (Phi) is 6.07. The molecule has 25 heavy (non-hydrogen) atoms. The van der Waals surface area contributed by atoms with Crippen molar-refractivity contribution in [1.29, 1.82) is 0 Å². The van der Waals surface area contributed by atoms with Gasteiger partial charge in [0, 0.05) is 19.2 Å². The molecule has 0 fully saturated rings. The maximum Gasteiger partial charge on any atom is 0.326 e. The molecule has 0 saturated heterocycles. The van der Waals surface area contributed by atoms with E-state index in [4.69, 9.17) is 4.74 Å². The van der Waals surface area contributed by atoms with E-state index in [1.165, 1.54) is 11.8 Å². The number of carbonyl (C=O) groups is 2. The average Bonchev–Trinajstić information content (AvgIpc) is 2.91. The first-order valence-electron chi connectivity index (χ1n) is 7.91. The van der Waals surface area contributed by atoms with E-state index in [-0.39, 0.29) is 24.3 Å². The van der Waals surface area contributed by atoms with Crippen LogP contribution >= 0.6 is 11.8 Å². The third kappa shape index (κ3) is 4.96. The van der Waals surface area contributed by atoms with Gasteiger partial charge in [-0.15, -0.1) is 0 Å². The van der Waals surface area contributed by atoms with E-state index >= 15 is 0 Å². The SMILES string of the molecule is CSc1nc(C(=O)NC(CCOC(C)(C)C)C(=O)O)c2ccccn12. The van der Waals surface area contributed by atoms with Crippen molar-refractivity contribution < 1.29 is 19.4 Å². The van der Waals surface area contributed by atoms with Gasteiger partial charge in [-0.3, -0.25) is 9.20 Å². The second-order valence-corrected chi connectivity index (χ2v) is 7.29. The van der Waals surface area contributed by atoms with Crippen LogP contribution < -0.4 is 5.32 Å². The van der Waals surface area contributed by atoms with Crippen molar-refractivity contribution in [2.45, 2.75) is 44.0 Å². The van der Waals surface area contributed by atoms with Crippen LogP contribution in [-0.4, -0.2) is 50.9 Å². The van der Waals surface area contributed by atoms with Gasteiger partial charge in [-0.25, -0.2) is 9.78 Å². The fourth-order valence-electron chi connectivity index (χ4n) is 2.29. The van der Waals surface area contributed by atoms with Crippen LogP contribution in [0.2, 0.25) is 0 Å². The Labute approximate surface area is 150 Å². The number of carboxylic acid groups (broad SMARTS) is 1. The van der Waals surface area contributed by atoms with Crippen molar-refractivity contribution in [2.24, 2.45) is 0 Å². The third-order valence-corrected chi connectivity index (χ3v) is 4.11. The molecular formula is C17H23N3O4S. The molecule has 1 atom stereocenters. The predicted molar refractivity (Wildman–Crippen MR) is 96.2 cm³/mol. The van der Waals surface area contributed by atoms with E-state index in [0.717, 1.165) is 0 Å². The van der Waals surface area contributed by atoms with Gasteiger partial charge in [0.05, 0.1) is 11.1 Å². The minimum atomic E-state index is -1.10. The summed E-state index contributed by atoms with van der Waals surface area (Å²) < 4.78 is 7.35. The number of carboxylic acids is 1. The minimum Gasteiger partial charge on any atom is -0.480 e. The number of thioether (sulfide) groups is 1. The maximum atomic E-state index is 12.6. The van der Waals surface area contributed by atoms with Crippen molar-refractivity contribution in [3.05, 3.63) is 30.1 Å². The quantitative estimate of drug-likeness (QED) is 0.732. The number of amides is 1. The fraction of sp³-hybridized carbons (Fsp3) is 0.471. The summed E-state index contributed by atoms with van der Waals surface area (Å²) in [6, 6.07) is 4.40. The molecule has 8 heteroatoms. The molecule has 2 heterocycles. The third-order valence-electron chi connectivity index (χ3n) is 3.46. The Morgan fingerprint density at radius 1 is 1.40 bits per heavy atom. The highest BCUT2D eigenvalue weighted by Crippen LogP contribution is 2.20. The average molecular weight is 365 g/mol. The van der Waals surface area contributed by atoms with Crippen LogP contribution in [0.1, 0.15) is 37.7 Å². The Hall–Kier alpha value is -2.06. The molecule has 2 N–H and O–H groups in total. The number of nitrogens with zero attached hydrogens (tertiary/aromatic N) is 2. The molecule has 2 aromatic heterocycles. The number of aromatic nitrogens is 2. The van der Waals surface area contributed by atoms with Crippen molar-refractivity contribution in [3.63, 3.8) is 0 Å². The standard InChI is InChI=1S/C17H23N3O4S/c1-17(2,3)24-10-8-11(15(22)23)18-14(21)13-12-7-5-6-9-20(12)16(19-13)25-4/h5-7,9,11H,8,10H2,1-4H3,(H,18,21)(H,22,23). The van der Waals surface area contributed by atoms with Crippen LogP contribution in [0, 0.1) is 0 Å². The molecule has 0 aliphatic carbocycles. The van der Waals surface area contributed by atoms with Crippen molar-refractivity contribution in [1.82, 2.24) is 14.7 Å². The number of imidazole rings is 1. The van der Waals surface area contributed by atoms with E-state index in [1.54, 1.807) is 10.5 Å². The molecule has 0 bridgehead atoms. The number of carbonyl (C=O) groups excluding carboxylic acids is 1. The first kappa shape index (κ1) is 19.3. The van der Waals surface area contributed by atoms with E-state index in [1.807, 2.05) is 45.4 Å². The second kappa shape index (κ2) is 7.88. The highest BCUT2D eigenvalue weighted by molar-refractivity contribution is 7.98. The molecule has 7 nitrogen and oxygen atoms in total. The van der Waals surface area contributed by atoms with Gasteiger partial charge in [-0.1, -0.05) is 17.8 Å². The Morgan fingerprint density at radius 2 is 2.12 bits per heavy atom. The van der Waals surface area contributed by atoms with Crippen LogP contribution in [-0.2, 0) is 9.53 Å². The summed E-state index contributed by atoms with van der Waals surface area (Å²) in [6.45, 7) is 5.91. The number of ether oxygens (including phenoxy) is 1. The Morgan fingerprint density at radius 3 is 2.72 bits per heavy atom. The summed E-state index contributed by atoms with van der Waals surface area (Å²) in [5.41, 5.74) is 0.493. The first-order chi connectivity index (χ1) is 11.7. The molecular weight excluding hydrogens is 342 g/mol. The lowest BCUT2D eigenvalue weighted by Gasteiger charge is -2.21. The van der Waals surface area contributed by atoms with E-state index in [9.17, 15) is 14.7 Å². The van der Waals surface area contributed by atoms with Crippen LogP contribution in [0.15, 0.2) is 29.6 Å². The van der Waals surface area contributed by atoms with Crippen LogP contribution in [0.5, 0.6) is 0 Å². The number of hydrogen-bond acceptors (Lipinski definition) is 5. The second-order valence-electron chi connectivity index (χ2n) is 6.52. The molecule has 2 aromatic rings. The lowest BCUT2D eigenvalue weighted by atomic mass is 10.1. The van der Waals surface area contributed by atoms with E-state index in [0.29, 0.717) is 10.7 Å². The largest absolute Gasteiger partial charge is 0.480 e.